The van der Waals surface area contributed by atoms with E-state index in [1.807, 2.05) is 13.8 Å². The van der Waals surface area contributed by atoms with Gasteiger partial charge in [0, 0.05) is 29.4 Å². The summed E-state index contributed by atoms with van der Waals surface area (Å²) in [5.74, 6) is -1.81. The predicted molar refractivity (Wildman–Crippen MR) is 106 cm³/mol. The van der Waals surface area contributed by atoms with Gasteiger partial charge in [-0.25, -0.2) is 4.79 Å². The number of aromatic hydroxyl groups is 1. The molecular weight excluding hydrogens is 384 g/mol. The zero-order valence-electron chi connectivity index (χ0n) is 15.6. The Kier molecular flexibility index (Phi) is 7.40. The molecule has 0 heterocycles. The van der Waals surface area contributed by atoms with E-state index in [1.165, 1.54) is 18.2 Å². The number of nitrogens with zero attached hydrogens (tertiary/aromatic N) is 1. The largest absolute Gasteiger partial charge is 0.507 e. The molecule has 0 aliphatic carbocycles. The molecule has 0 saturated heterocycles. The summed E-state index contributed by atoms with van der Waals surface area (Å²) in [7, 11) is 0. The molecule has 0 aromatic heterocycles. The van der Waals surface area contributed by atoms with E-state index < -0.39 is 18.5 Å². The maximum absolute atomic E-state index is 12.3. The normalized spacial score (nSPS) is 10.2. The quantitative estimate of drug-likeness (QED) is 0.690. The number of amides is 2. The zero-order valence-corrected chi connectivity index (χ0v) is 16.3. The van der Waals surface area contributed by atoms with Crippen LogP contribution < -0.4 is 5.32 Å². The van der Waals surface area contributed by atoms with Crippen molar-refractivity contribution in [2.75, 3.05) is 25.0 Å². The van der Waals surface area contributed by atoms with Crippen molar-refractivity contribution in [3.05, 3.63) is 58.6 Å². The predicted octanol–water partition coefficient (Wildman–Crippen LogP) is 3.32. The molecule has 0 saturated carbocycles. The van der Waals surface area contributed by atoms with Crippen molar-refractivity contribution < 1.29 is 24.2 Å². The second kappa shape index (κ2) is 9.75. The van der Waals surface area contributed by atoms with Crippen molar-refractivity contribution in [2.45, 2.75) is 13.8 Å². The lowest BCUT2D eigenvalue weighted by Gasteiger charge is -2.18. The van der Waals surface area contributed by atoms with Gasteiger partial charge in [0.2, 0.25) is 0 Å². The summed E-state index contributed by atoms with van der Waals surface area (Å²) in [5, 5.41) is 12.5. The van der Waals surface area contributed by atoms with E-state index in [-0.39, 0.29) is 22.2 Å². The summed E-state index contributed by atoms with van der Waals surface area (Å²) in [6.07, 6.45) is 0. The third-order valence-electron chi connectivity index (χ3n) is 3.98. The number of phenols is 1. The van der Waals surface area contributed by atoms with E-state index in [2.05, 4.69) is 5.32 Å². The first-order valence-corrected chi connectivity index (χ1v) is 9.08. The molecule has 0 fully saturated rings. The summed E-state index contributed by atoms with van der Waals surface area (Å²) in [4.78, 5) is 37.8. The molecule has 0 atom stereocenters. The van der Waals surface area contributed by atoms with Gasteiger partial charge in [-0.2, -0.15) is 0 Å². The molecule has 2 aromatic rings. The third-order valence-corrected chi connectivity index (χ3v) is 4.22. The van der Waals surface area contributed by atoms with Crippen molar-refractivity contribution in [1.29, 1.82) is 0 Å². The van der Waals surface area contributed by atoms with Crippen LogP contribution in [0.5, 0.6) is 5.75 Å². The van der Waals surface area contributed by atoms with Gasteiger partial charge in [0.25, 0.3) is 11.8 Å². The lowest BCUT2D eigenvalue weighted by molar-refractivity contribution is -0.119. The lowest BCUT2D eigenvalue weighted by atomic mass is 10.1. The molecule has 0 spiro atoms. The van der Waals surface area contributed by atoms with E-state index in [1.54, 1.807) is 29.2 Å². The summed E-state index contributed by atoms with van der Waals surface area (Å²) < 4.78 is 4.89. The van der Waals surface area contributed by atoms with Gasteiger partial charge in [-0.3, -0.25) is 9.59 Å². The number of benzene rings is 2. The van der Waals surface area contributed by atoms with E-state index >= 15 is 0 Å². The highest BCUT2D eigenvalue weighted by Crippen LogP contribution is 2.22. The van der Waals surface area contributed by atoms with E-state index in [4.69, 9.17) is 16.3 Å². The molecule has 2 amide bonds. The minimum atomic E-state index is -0.843. The number of carbonyl (C=O) groups is 3. The Balaban J connectivity index is 1.91. The third kappa shape index (κ3) is 5.47. The van der Waals surface area contributed by atoms with Gasteiger partial charge in [0.1, 0.15) is 11.3 Å². The van der Waals surface area contributed by atoms with Crippen LogP contribution in [0.3, 0.4) is 0 Å². The molecule has 0 aliphatic rings. The van der Waals surface area contributed by atoms with Gasteiger partial charge in [-0.1, -0.05) is 11.6 Å². The maximum atomic E-state index is 12.3. The van der Waals surface area contributed by atoms with Crippen LogP contribution >= 0.6 is 11.6 Å². The van der Waals surface area contributed by atoms with Crippen LogP contribution in [0, 0.1) is 0 Å². The number of ether oxygens (including phenoxy) is 1. The summed E-state index contributed by atoms with van der Waals surface area (Å²) >= 11 is 5.70. The van der Waals surface area contributed by atoms with Gasteiger partial charge >= 0.3 is 5.97 Å². The van der Waals surface area contributed by atoms with Crippen molar-refractivity contribution in [3.63, 3.8) is 0 Å². The van der Waals surface area contributed by atoms with Gasteiger partial charge in [-0.05, 0) is 56.3 Å². The number of hydrogen-bond donors (Lipinski definition) is 2. The number of halogens is 1. The smallest absolute Gasteiger partial charge is 0.342 e. The average molecular weight is 405 g/mol. The Hall–Kier alpha value is -3.06. The first-order chi connectivity index (χ1) is 13.3. The number of nitrogens with one attached hydrogen (secondary N) is 1. The van der Waals surface area contributed by atoms with Gasteiger partial charge < -0.3 is 20.1 Å². The fourth-order valence-corrected chi connectivity index (χ4v) is 2.64. The van der Waals surface area contributed by atoms with E-state index in [0.29, 0.717) is 24.3 Å². The minimum absolute atomic E-state index is 0.0837. The number of rotatable bonds is 7. The van der Waals surface area contributed by atoms with Gasteiger partial charge in [-0.15, -0.1) is 0 Å². The second-order valence-electron chi connectivity index (χ2n) is 5.84. The Morgan fingerprint density at radius 1 is 1.07 bits per heavy atom. The van der Waals surface area contributed by atoms with Crippen molar-refractivity contribution >= 4 is 35.1 Å². The highest BCUT2D eigenvalue weighted by Gasteiger charge is 2.15. The van der Waals surface area contributed by atoms with E-state index in [9.17, 15) is 19.5 Å². The van der Waals surface area contributed by atoms with Crippen LogP contribution in [0.25, 0.3) is 0 Å². The molecular formula is C20H21ClN2O5. The van der Waals surface area contributed by atoms with Crippen LogP contribution in [0.4, 0.5) is 5.69 Å². The standard InChI is InChI=1S/C20H21ClN2O5/c1-3-23(4-2)19(26)13-5-8-15(9-6-13)22-18(25)12-28-20(27)16-10-7-14(21)11-17(16)24/h5-11,24H,3-4,12H2,1-2H3,(H,22,25). The first kappa shape index (κ1) is 21.2. The van der Waals surface area contributed by atoms with Crippen LogP contribution in [0.1, 0.15) is 34.6 Å². The molecule has 0 radical (unpaired) electrons. The van der Waals surface area contributed by atoms with Crippen molar-refractivity contribution in [2.24, 2.45) is 0 Å². The Bertz CT molecular complexity index is 863. The number of esters is 1. The molecule has 0 aliphatic heterocycles. The summed E-state index contributed by atoms with van der Waals surface area (Å²) in [6.45, 7) is 4.51. The van der Waals surface area contributed by atoms with Crippen molar-refractivity contribution in [3.8, 4) is 5.75 Å². The highest BCUT2D eigenvalue weighted by molar-refractivity contribution is 6.30. The van der Waals surface area contributed by atoms with Crippen LogP contribution in [-0.4, -0.2) is 47.5 Å². The Labute approximate surface area is 167 Å². The van der Waals surface area contributed by atoms with Crippen LogP contribution in [0.2, 0.25) is 5.02 Å². The molecule has 148 valence electrons. The van der Waals surface area contributed by atoms with E-state index in [0.717, 1.165) is 0 Å². The molecule has 7 nitrogen and oxygen atoms in total. The monoisotopic (exact) mass is 404 g/mol. The molecule has 8 heteroatoms. The van der Waals surface area contributed by atoms with Gasteiger partial charge in [0.15, 0.2) is 6.61 Å². The Morgan fingerprint density at radius 3 is 2.29 bits per heavy atom. The second-order valence-corrected chi connectivity index (χ2v) is 6.28. The molecule has 0 unspecified atom stereocenters. The topological polar surface area (TPSA) is 95.9 Å². The number of hydrogen-bond acceptors (Lipinski definition) is 5. The van der Waals surface area contributed by atoms with Crippen LogP contribution in [0.15, 0.2) is 42.5 Å². The average Bonchev–Trinajstić information content (AvgIpc) is 2.67. The first-order valence-electron chi connectivity index (χ1n) is 8.70. The minimum Gasteiger partial charge on any atom is -0.507 e. The van der Waals surface area contributed by atoms with Gasteiger partial charge in [0.05, 0.1) is 0 Å². The molecule has 0 bridgehead atoms. The zero-order chi connectivity index (χ0) is 20.7. The number of carbonyl (C=O) groups excluding carboxylic acids is 3. The fourth-order valence-electron chi connectivity index (χ4n) is 2.47. The molecule has 2 N–H and O–H groups in total. The molecule has 28 heavy (non-hydrogen) atoms. The Morgan fingerprint density at radius 2 is 1.71 bits per heavy atom. The summed E-state index contributed by atoms with van der Waals surface area (Å²) in [5.41, 5.74) is 0.897. The summed E-state index contributed by atoms with van der Waals surface area (Å²) in [6, 6.07) is 10.4. The van der Waals surface area contributed by atoms with Crippen LogP contribution in [-0.2, 0) is 9.53 Å². The van der Waals surface area contributed by atoms with Crippen molar-refractivity contribution in [1.82, 2.24) is 4.90 Å². The highest BCUT2D eigenvalue weighted by atomic mass is 35.5. The number of phenolic OH excluding ortho intramolecular Hbond substituents is 1. The number of anilines is 1. The molecule has 2 rings (SSSR count). The lowest BCUT2D eigenvalue weighted by Crippen LogP contribution is -2.30. The maximum Gasteiger partial charge on any atom is 0.342 e. The fraction of sp³-hybridized carbons (Fsp3) is 0.250. The SMILES string of the molecule is CCN(CC)C(=O)c1ccc(NC(=O)COC(=O)c2ccc(Cl)cc2O)cc1. The molecule has 2 aromatic carbocycles.